The normalized spacial score (nSPS) is 10.4. The Morgan fingerprint density at radius 1 is 1.37 bits per heavy atom. The number of carbonyl (C=O) groups is 1. The number of aliphatic carboxylic acids is 1. The lowest BCUT2D eigenvalue weighted by Gasteiger charge is -2.07. The van der Waals surface area contributed by atoms with E-state index < -0.39 is 12.1 Å². The number of hydrogen-bond acceptors (Lipinski definition) is 3. The van der Waals surface area contributed by atoms with Crippen LogP contribution in [0.25, 0.3) is 0 Å². The molecule has 0 bridgehead atoms. The van der Waals surface area contributed by atoms with E-state index >= 15 is 0 Å². The fourth-order valence-electron chi connectivity index (χ4n) is 0.862. The highest BCUT2D eigenvalue weighted by Crippen LogP contribution is 2.34. The molecule has 0 saturated heterocycles. The fourth-order valence-corrected chi connectivity index (χ4v) is 1.47. The summed E-state index contributed by atoms with van der Waals surface area (Å²) in [6.07, 6.45) is -5.08. The van der Waals surface area contributed by atoms with E-state index in [1.54, 1.807) is 12.1 Å². The van der Waals surface area contributed by atoms with Crippen molar-refractivity contribution in [2.45, 2.75) is 13.1 Å². The van der Waals surface area contributed by atoms with Gasteiger partial charge in [-0.2, -0.15) is 13.2 Å². The smallest absolute Gasteiger partial charge is 0.490 e. The van der Waals surface area contributed by atoms with Gasteiger partial charge in [0.15, 0.2) is 5.75 Å². The predicted molar refractivity (Wildman–Crippen MR) is 65.7 cm³/mol. The van der Waals surface area contributed by atoms with Crippen molar-refractivity contribution in [3.05, 3.63) is 22.2 Å². The summed E-state index contributed by atoms with van der Waals surface area (Å²) in [7, 11) is 0. The number of benzene rings is 1. The van der Waals surface area contributed by atoms with Gasteiger partial charge in [0.2, 0.25) is 0 Å². The van der Waals surface area contributed by atoms with Crippen LogP contribution in [0.2, 0.25) is 10.0 Å². The van der Waals surface area contributed by atoms with Crippen molar-refractivity contribution in [1.29, 1.82) is 0 Å². The first-order valence-electron chi connectivity index (χ1n) is 4.77. The molecule has 0 aromatic heterocycles. The van der Waals surface area contributed by atoms with Gasteiger partial charge < -0.3 is 15.6 Å². The first kappa shape index (κ1) is 17.7. The molecule has 0 fully saturated rings. The number of ether oxygens (including phenoxy) is 1. The zero-order chi connectivity index (χ0) is 15.2. The second kappa shape index (κ2) is 7.30. The lowest BCUT2D eigenvalue weighted by atomic mass is 10.3. The van der Waals surface area contributed by atoms with Crippen molar-refractivity contribution in [1.82, 2.24) is 0 Å². The van der Waals surface area contributed by atoms with Crippen molar-refractivity contribution < 1.29 is 27.8 Å². The van der Waals surface area contributed by atoms with Crippen LogP contribution in [0.1, 0.15) is 6.92 Å². The number of carboxylic acid groups (broad SMARTS) is 1. The molecule has 0 spiro atoms. The summed E-state index contributed by atoms with van der Waals surface area (Å²) < 4.78 is 36.9. The summed E-state index contributed by atoms with van der Waals surface area (Å²) in [5, 5.41) is 8.02. The van der Waals surface area contributed by atoms with Gasteiger partial charge in [-0.05, 0) is 19.1 Å². The zero-order valence-corrected chi connectivity index (χ0v) is 11.1. The van der Waals surface area contributed by atoms with Crippen LogP contribution in [0.15, 0.2) is 12.1 Å². The van der Waals surface area contributed by atoms with Crippen LogP contribution >= 0.6 is 23.2 Å². The second-order valence-corrected chi connectivity index (χ2v) is 3.86. The Hall–Kier alpha value is -1.34. The van der Waals surface area contributed by atoms with Crippen molar-refractivity contribution in [3.8, 4) is 5.75 Å². The fraction of sp³-hybridized carbons (Fsp3) is 0.300. The van der Waals surface area contributed by atoms with Gasteiger partial charge in [0.1, 0.15) is 0 Å². The largest absolute Gasteiger partial charge is 0.491 e. The van der Waals surface area contributed by atoms with Crippen molar-refractivity contribution in [3.63, 3.8) is 0 Å². The van der Waals surface area contributed by atoms with E-state index in [9.17, 15) is 13.2 Å². The minimum Gasteiger partial charge on any atom is -0.491 e. The predicted octanol–water partition coefficient (Wildman–Crippen LogP) is 3.61. The molecule has 1 aromatic carbocycles. The lowest BCUT2D eigenvalue weighted by molar-refractivity contribution is -0.192. The Balaban J connectivity index is 0.000000399. The number of carboxylic acids is 1. The highest BCUT2D eigenvalue weighted by Gasteiger charge is 2.38. The number of alkyl halides is 3. The maximum Gasteiger partial charge on any atom is 0.490 e. The minimum atomic E-state index is -5.08. The van der Waals surface area contributed by atoms with Gasteiger partial charge in [-0.1, -0.05) is 23.2 Å². The topological polar surface area (TPSA) is 72.5 Å². The van der Waals surface area contributed by atoms with Gasteiger partial charge in [0, 0.05) is 5.69 Å². The Morgan fingerprint density at radius 3 is 2.00 bits per heavy atom. The van der Waals surface area contributed by atoms with Crippen LogP contribution in [0, 0.1) is 0 Å². The summed E-state index contributed by atoms with van der Waals surface area (Å²) in [5.74, 6) is -2.26. The Kier molecular flexibility index (Phi) is 6.78. The van der Waals surface area contributed by atoms with E-state index in [0.717, 1.165) is 0 Å². The molecular weight excluding hydrogens is 310 g/mol. The van der Waals surface area contributed by atoms with Crippen molar-refractivity contribution >= 4 is 34.9 Å². The van der Waals surface area contributed by atoms with E-state index in [4.69, 9.17) is 43.6 Å². The first-order valence-corrected chi connectivity index (χ1v) is 5.52. The standard InChI is InChI=1S/C8H9Cl2NO.C2HF3O2/c1-2-12-8-6(9)3-5(11)4-7(8)10;3-2(4,5)1(6)7/h3-4H,2,11H2,1H3;(H,6,7). The number of nitrogen functional groups attached to an aromatic ring is 1. The summed E-state index contributed by atoms with van der Waals surface area (Å²) >= 11 is 11.6. The maximum atomic E-state index is 10.6. The zero-order valence-electron chi connectivity index (χ0n) is 9.59. The molecule has 0 saturated carbocycles. The molecule has 0 unspecified atom stereocenters. The van der Waals surface area contributed by atoms with Crippen LogP contribution in [0.4, 0.5) is 18.9 Å². The average molecular weight is 320 g/mol. The molecule has 0 aliphatic carbocycles. The number of anilines is 1. The van der Waals surface area contributed by atoms with Crippen molar-refractivity contribution in [2.24, 2.45) is 0 Å². The number of nitrogens with two attached hydrogens (primary N) is 1. The van der Waals surface area contributed by atoms with Crippen LogP contribution < -0.4 is 10.5 Å². The number of hydrogen-bond donors (Lipinski definition) is 2. The number of halogens is 5. The molecule has 4 nitrogen and oxygen atoms in total. The monoisotopic (exact) mass is 319 g/mol. The summed E-state index contributed by atoms with van der Waals surface area (Å²) in [6.45, 7) is 2.40. The van der Waals surface area contributed by atoms with E-state index in [1.807, 2.05) is 6.92 Å². The Labute approximate surface area is 116 Å². The highest BCUT2D eigenvalue weighted by molar-refractivity contribution is 6.37. The molecule has 9 heteroatoms. The van der Waals surface area contributed by atoms with Gasteiger partial charge in [0.05, 0.1) is 16.7 Å². The van der Waals surface area contributed by atoms with Crippen LogP contribution in [-0.2, 0) is 4.79 Å². The van der Waals surface area contributed by atoms with Crippen LogP contribution in [-0.4, -0.2) is 23.9 Å². The molecule has 0 atom stereocenters. The molecule has 0 amide bonds. The first-order chi connectivity index (χ1) is 8.59. The summed E-state index contributed by atoms with van der Waals surface area (Å²) in [5.41, 5.74) is 6.04. The molecule has 0 aliphatic rings. The molecule has 19 heavy (non-hydrogen) atoms. The molecule has 0 aliphatic heterocycles. The van der Waals surface area contributed by atoms with Gasteiger partial charge in [-0.15, -0.1) is 0 Å². The number of rotatable bonds is 2. The third kappa shape index (κ3) is 6.40. The molecule has 108 valence electrons. The van der Waals surface area contributed by atoms with E-state index in [0.29, 0.717) is 28.1 Å². The third-order valence-corrected chi connectivity index (χ3v) is 2.11. The molecule has 1 rings (SSSR count). The maximum absolute atomic E-state index is 10.6. The molecule has 1 aromatic rings. The quantitative estimate of drug-likeness (QED) is 0.817. The summed E-state index contributed by atoms with van der Waals surface area (Å²) in [4.78, 5) is 8.90. The van der Waals surface area contributed by atoms with Gasteiger partial charge in [-0.25, -0.2) is 4.79 Å². The third-order valence-electron chi connectivity index (χ3n) is 1.55. The molecule has 3 N–H and O–H groups in total. The average Bonchev–Trinajstić information content (AvgIpc) is 2.22. The van der Waals surface area contributed by atoms with Crippen LogP contribution in [0.5, 0.6) is 5.75 Å². The van der Waals surface area contributed by atoms with Crippen molar-refractivity contribution in [2.75, 3.05) is 12.3 Å². The minimum absolute atomic E-state index is 0.446. The molecular formula is C10H10Cl2F3NO3. The van der Waals surface area contributed by atoms with Gasteiger partial charge >= 0.3 is 12.1 Å². The Bertz CT molecular complexity index is 429. The van der Waals surface area contributed by atoms with E-state index in [1.165, 1.54) is 0 Å². The molecule has 0 heterocycles. The highest BCUT2D eigenvalue weighted by atomic mass is 35.5. The van der Waals surface area contributed by atoms with E-state index in [-0.39, 0.29) is 0 Å². The van der Waals surface area contributed by atoms with Gasteiger partial charge in [0.25, 0.3) is 0 Å². The second-order valence-electron chi connectivity index (χ2n) is 3.05. The van der Waals surface area contributed by atoms with Crippen LogP contribution in [0.3, 0.4) is 0 Å². The lowest BCUT2D eigenvalue weighted by Crippen LogP contribution is -2.21. The Morgan fingerprint density at radius 2 is 1.74 bits per heavy atom. The summed E-state index contributed by atoms with van der Waals surface area (Å²) in [6, 6.07) is 3.22. The SMILES string of the molecule is CCOc1c(Cl)cc(N)cc1Cl.O=C(O)C(F)(F)F. The van der Waals surface area contributed by atoms with E-state index in [2.05, 4.69) is 0 Å². The molecule has 0 radical (unpaired) electrons. The van der Waals surface area contributed by atoms with Gasteiger partial charge in [-0.3, -0.25) is 0 Å².